The lowest BCUT2D eigenvalue weighted by Gasteiger charge is -2.43. The molecular formula is C18H20O2. The molecule has 3 aliphatic rings. The number of phenols is 1. The molecule has 2 nitrogen and oxygen atoms in total. The maximum atomic E-state index is 12.2. The van der Waals surface area contributed by atoms with Crippen LogP contribution in [-0.4, -0.2) is 10.9 Å². The lowest BCUT2D eigenvalue weighted by atomic mass is 9.60. The fourth-order valence-corrected chi connectivity index (χ4v) is 4.80. The molecule has 1 N–H and O–H groups in total. The van der Waals surface area contributed by atoms with Crippen molar-refractivity contribution in [3.8, 4) is 5.75 Å². The van der Waals surface area contributed by atoms with Gasteiger partial charge in [0, 0.05) is 11.8 Å². The van der Waals surface area contributed by atoms with Crippen molar-refractivity contribution in [2.45, 2.75) is 39.0 Å². The predicted octanol–water partition coefficient (Wildman–Crippen LogP) is 2.12. The minimum Gasteiger partial charge on any atom is -0.508 e. The average Bonchev–Trinajstić information content (AvgIpc) is 2.74. The van der Waals surface area contributed by atoms with Crippen molar-refractivity contribution in [3.63, 3.8) is 0 Å². The molecular weight excluding hydrogens is 248 g/mol. The fraction of sp³-hybridized carbons (Fsp3) is 0.500. The van der Waals surface area contributed by atoms with Gasteiger partial charge in [0.05, 0.1) is 0 Å². The van der Waals surface area contributed by atoms with E-state index in [1.54, 1.807) is 6.07 Å². The second-order valence-electron chi connectivity index (χ2n) is 6.83. The first kappa shape index (κ1) is 12.2. The van der Waals surface area contributed by atoms with Crippen molar-refractivity contribution >= 4 is 17.4 Å². The molecule has 0 bridgehead atoms. The molecule has 2 saturated carbocycles. The van der Waals surface area contributed by atoms with Crippen LogP contribution < -0.4 is 10.4 Å². The monoisotopic (exact) mass is 268 g/mol. The van der Waals surface area contributed by atoms with E-state index in [9.17, 15) is 9.90 Å². The lowest BCUT2D eigenvalue weighted by molar-refractivity contribution is -0.127. The molecule has 0 saturated heterocycles. The topological polar surface area (TPSA) is 37.3 Å². The predicted molar refractivity (Wildman–Crippen MR) is 78.4 cm³/mol. The summed E-state index contributed by atoms with van der Waals surface area (Å²) in [5.74, 6) is 1.89. The van der Waals surface area contributed by atoms with Crippen LogP contribution in [0.3, 0.4) is 0 Å². The van der Waals surface area contributed by atoms with Crippen molar-refractivity contribution in [2.75, 3.05) is 0 Å². The first-order valence-corrected chi connectivity index (χ1v) is 7.65. The summed E-state index contributed by atoms with van der Waals surface area (Å²) in [7, 11) is 0. The molecule has 3 aliphatic carbocycles. The van der Waals surface area contributed by atoms with Gasteiger partial charge < -0.3 is 5.11 Å². The van der Waals surface area contributed by atoms with Gasteiger partial charge in [-0.1, -0.05) is 24.6 Å². The Morgan fingerprint density at radius 2 is 2.15 bits per heavy atom. The van der Waals surface area contributed by atoms with Gasteiger partial charge in [-0.3, -0.25) is 4.79 Å². The van der Waals surface area contributed by atoms with Crippen molar-refractivity contribution < 1.29 is 9.90 Å². The molecule has 0 amide bonds. The largest absolute Gasteiger partial charge is 0.508 e. The van der Waals surface area contributed by atoms with E-state index >= 15 is 0 Å². The number of benzene rings is 1. The lowest BCUT2D eigenvalue weighted by Crippen LogP contribution is -2.43. The smallest absolute Gasteiger partial charge is 0.139 e. The third kappa shape index (κ3) is 1.48. The summed E-state index contributed by atoms with van der Waals surface area (Å²) in [5, 5.41) is 12.1. The summed E-state index contributed by atoms with van der Waals surface area (Å²) in [6.07, 6.45) is 7.15. The molecule has 2 fully saturated rings. The van der Waals surface area contributed by atoms with Crippen molar-refractivity contribution in [3.05, 3.63) is 28.6 Å². The summed E-state index contributed by atoms with van der Waals surface area (Å²) in [6.45, 7) is 2.19. The molecule has 2 heteroatoms. The normalized spacial score (nSPS) is 35.0. The Morgan fingerprint density at radius 3 is 3.00 bits per heavy atom. The number of hydrogen-bond acceptors (Lipinski definition) is 2. The third-order valence-electron chi connectivity index (χ3n) is 5.96. The molecule has 104 valence electrons. The van der Waals surface area contributed by atoms with Gasteiger partial charge in [-0.05, 0) is 60.1 Å². The number of carbonyl (C=O) groups is 1. The van der Waals surface area contributed by atoms with Crippen LogP contribution >= 0.6 is 0 Å². The van der Waals surface area contributed by atoms with E-state index in [0.29, 0.717) is 23.4 Å². The number of hydrogen-bond donors (Lipinski definition) is 1. The van der Waals surface area contributed by atoms with Crippen LogP contribution in [0, 0.1) is 17.3 Å². The van der Waals surface area contributed by atoms with Crippen LogP contribution in [0.25, 0.3) is 11.6 Å². The minimum atomic E-state index is -0.0730. The van der Waals surface area contributed by atoms with Gasteiger partial charge >= 0.3 is 0 Å². The Hall–Kier alpha value is -1.57. The van der Waals surface area contributed by atoms with Crippen LogP contribution in [0.5, 0.6) is 5.75 Å². The number of fused-ring (bicyclic) bond motifs is 4. The highest BCUT2D eigenvalue weighted by molar-refractivity contribution is 5.88. The summed E-state index contributed by atoms with van der Waals surface area (Å²) < 4.78 is 0. The molecule has 0 spiro atoms. The summed E-state index contributed by atoms with van der Waals surface area (Å²) in [5.41, 5.74) is 1.45. The number of ketones is 1. The molecule has 0 aromatic heterocycles. The van der Waals surface area contributed by atoms with Crippen molar-refractivity contribution in [2.24, 2.45) is 17.3 Å². The summed E-state index contributed by atoms with van der Waals surface area (Å²) in [4.78, 5) is 12.2. The highest BCUT2D eigenvalue weighted by atomic mass is 16.3. The molecule has 1 unspecified atom stereocenters. The quantitative estimate of drug-likeness (QED) is 0.782. The van der Waals surface area contributed by atoms with E-state index in [1.165, 1.54) is 16.0 Å². The number of Topliss-reactive ketones (excluding diaryl/α,β-unsaturated/α-hetero) is 1. The summed E-state index contributed by atoms with van der Waals surface area (Å²) >= 11 is 0. The van der Waals surface area contributed by atoms with E-state index in [1.807, 2.05) is 6.07 Å². The van der Waals surface area contributed by atoms with E-state index in [-0.39, 0.29) is 5.41 Å². The highest BCUT2D eigenvalue weighted by Gasteiger charge is 2.52. The zero-order valence-corrected chi connectivity index (χ0v) is 11.9. The Morgan fingerprint density at radius 1 is 1.30 bits per heavy atom. The molecule has 0 radical (unpaired) electrons. The van der Waals surface area contributed by atoms with Crippen molar-refractivity contribution in [1.29, 1.82) is 0 Å². The van der Waals surface area contributed by atoms with Gasteiger partial charge in [-0.25, -0.2) is 0 Å². The third-order valence-corrected chi connectivity index (χ3v) is 5.96. The van der Waals surface area contributed by atoms with Crippen LogP contribution in [0.2, 0.25) is 0 Å². The zero-order chi connectivity index (χ0) is 13.9. The Labute approximate surface area is 118 Å². The van der Waals surface area contributed by atoms with Crippen LogP contribution in [0.1, 0.15) is 39.0 Å². The molecule has 0 aliphatic heterocycles. The van der Waals surface area contributed by atoms with Gasteiger partial charge in [0.2, 0.25) is 0 Å². The van der Waals surface area contributed by atoms with Gasteiger partial charge in [-0.2, -0.15) is 0 Å². The van der Waals surface area contributed by atoms with Crippen LogP contribution in [-0.2, 0) is 4.79 Å². The number of rotatable bonds is 0. The van der Waals surface area contributed by atoms with Gasteiger partial charge in [0.1, 0.15) is 11.5 Å². The minimum absolute atomic E-state index is 0.0730. The summed E-state index contributed by atoms with van der Waals surface area (Å²) in [6, 6.07) is 5.71. The SMILES string of the molecule is C[C@]12CCC3=c4ccc(O)cc4=CC[C@H]3C1CCC2=O. The fourth-order valence-electron chi connectivity index (χ4n) is 4.80. The van der Waals surface area contributed by atoms with E-state index in [0.717, 1.165) is 32.1 Å². The second kappa shape index (κ2) is 3.97. The molecule has 1 aromatic rings. The van der Waals surface area contributed by atoms with E-state index < -0.39 is 0 Å². The maximum Gasteiger partial charge on any atom is 0.139 e. The first-order chi connectivity index (χ1) is 9.59. The molecule has 0 heterocycles. The van der Waals surface area contributed by atoms with E-state index in [4.69, 9.17) is 0 Å². The van der Waals surface area contributed by atoms with Gasteiger partial charge in [-0.15, -0.1) is 0 Å². The zero-order valence-electron chi connectivity index (χ0n) is 11.9. The Bertz CT molecular complexity index is 715. The molecule has 1 aromatic carbocycles. The Kier molecular flexibility index (Phi) is 2.42. The van der Waals surface area contributed by atoms with E-state index in [2.05, 4.69) is 19.1 Å². The second-order valence-corrected chi connectivity index (χ2v) is 6.83. The maximum absolute atomic E-state index is 12.2. The van der Waals surface area contributed by atoms with Crippen LogP contribution in [0.4, 0.5) is 0 Å². The van der Waals surface area contributed by atoms with Gasteiger partial charge in [0.25, 0.3) is 0 Å². The first-order valence-electron chi connectivity index (χ1n) is 7.65. The molecule has 3 atom stereocenters. The van der Waals surface area contributed by atoms with Gasteiger partial charge in [0.15, 0.2) is 0 Å². The molecule has 4 rings (SSSR count). The van der Waals surface area contributed by atoms with Crippen LogP contribution in [0.15, 0.2) is 18.2 Å². The Balaban J connectivity index is 1.88. The number of carbonyl (C=O) groups excluding carboxylic acids is 1. The average molecular weight is 268 g/mol. The highest BCUT2D eigenvalue weighted by Crippen LogP contribution is 2.55. The molecule has 20 heavy (non-hydrogen) atoms. The number of aromatic hydroxyl groups is 1. The standard InChI is InChI=1S/C18H20O2/c1-18-9-8-14-13-5-3-12(19)10-11(13)2-4-15(14)16(18)6-7-17(18)20/h2-3,5,10,15-16,19H,4,6-9H2,1H3/t15-,16?,18+/m1/s1. The number of phenolic OH excluding ortho intramolecular Hbond substituents is 1. The van der Waals surface area contributed by atoms with Crippen molar-refractivity contribution in [1.82, 2.24) is 0 Å².